The molecule has 0 bridgehead atoms. The molecule has 0 aliphatic rings. The normalized spacial score (nSPS) is 12.1. The lowest BCUT2D eigenvalue weighted by Gasteiger charge is -1.95. The monoisotopic (exact) mass is 370 g/mol. The van der Waals surface area contributed by atoms with Crippen molar-refractivity contribution in [2.45, 2.75) is 0 Å². The quantitative estimate of drug-likeness (QED) is 0.396. The first-order valence-electron chi connectivity index (χ1n) is 9.00. The minimum atomic E-state index is -0.229. The topological polar surface area (TPSA) is 0 Å². The van der Waals surface area contributed by atoms with E-state index in [1.165, 1.54) is 24.3 Å². The van der Waals surface area contributed by atoms with E-state index in [0.29, 0.717) is 0 Å². The van der Waals surface area contributed by atoms with Gasteiger partial charge in [0.2, 0.25) is 0 Å². The average Bonchev–Trinajstić information content (AvgIpc) is 2.72. The van der Waals surface area contributed by atoms with E-state index in [1.54, 1.807) is 24.3 Å². The van der Waals surface area contributed by atoms with Gasteiger partial charge in [-0.15, -0.1) is 0 Å². The molecule has 0 unspecified atom stereocenters. The van der Waals surface area contributed by atoms with Crippen molar-refractivity contribution >= 4 is 24.3 Å². The van der Waals surface area contributed by atoms with Gasteiger partial charge in [0.1, 0.15) is 11.6 Å². The molecule has 3 aromatic carbocycles. The molecule has 0 saturated carbocycles. The summed E-state index contributed by atoms with van der Waals surface area (Å²) >= 11 is 0. The van der Waals surface area contributed by atoms with Crippen LogP contribution in [0.4, 0.5) is 8.78 Å². The molecule has 3 aromatic rings. The Morgan fingerprint density at radius 1 is 0.357 bits per heavy atom. The average molecular weight is 370 g/mol. The second-order valence-electron chi connectivity index (χ2n) is 6.21. The summed E-state index contributed by atoms with van der Waals surface area (Å²) in [5.41, 5.74) is 4.12. The van der Waals surface area contributed by atoms with Gasteiger partial charge in [-0.3, -0.25) is 0 Å². The molecule has 0 atom stereocenters. The van der Waals surface area contributed by atoms with Gasteiger partial charge in [0.25, 0.3) is 0 Å². The highest BCUT2D eigenvalue weighted by atomic mass is 19.1. The van der Waals surface area contributed by atoms with Gasteiger partial charge < -0.3 is 0 Å². The third kappa shape index (κ3) is 6.33. The van der Waals surface area contributed by atoms with E-state index in [2.05, 4.69) is 0 Å². The zero-order valence-corrected chi connectivity index (χ0v) is 15.3. The second kappa shape index (κ2) is 9.98. The number of hydrogen-bond acceptors (Lipinski definition) is 0. The van der Waals surface area contributed by atoms with E-state index in [-0.39, 0.29) is 11.6 Å². The molecule has 0 aliphatic carbocycles. The number of halogens is 2. The third-order valence-electron chi connectivity index (χ3n) is 4.05. The van der Waals surface area contributed by atoms with Crippen LogP contribution < -0.4 is 0 Å². The van der Waals surface area contributed by atoms with Crippen LogP contribution in [0.25, 0.3) is 24.3 Å². The summed E-state index contributed by atoms with van der Waals surface area (Å²) in [4.78, 5) is 0. The Bertz CT molecular complexity index is 903. The fourth-order valence-corrected chi connectivity index (χ4v) is 2.53. The molecule has 0 spiro atoms. The smallest absolute Gasteiger partial charge is 0.123 e. The highest BCUT2D eigenvalue weighted by Crippen LogP contribution is 2.10. The van der Waals surface area contributed by atoms with Crippen LogP contribution in [0.15, 0.2) is 97.1 Å². The molecule has 0 N–H and O–H groups in total. The maximum atomic E-state index is 12.9. The summed E-state index contributed by atoms with van der Waals surface area (Å²) in [5, 5.41) is 0. The maximum absolute atomic E-state index is 12.9. The summed E-state index contributed by atoms with van der Waals surface area (Å²) in [6.07, 6.45) is 15.7. The van der Waals surface area contributed by atoms with E-state index >= 15 is 0 Å². The van der Waals surface area contributed by atoms with Gasteiger partial charge in [-0.25, -0.2) is 8.78 Å². The van der Waals surface area contributed by atoms with Gasteiger partial charge >= 0.3 is 0 Å². The van der Waals surface area contributed by atoms with Crippen molar-refractivity contribution in [2.24, 2.45) is 0 Å². The fraction of sp³-hybridized carbons (Fsp3) is 0. The summed E-state index contributed by atoms with van der Waals surface area (Å²) < 4.78 is 25.7. The lowest BCUT2D eigenvalue weighted by atomic mass is 10.1. The molecular weight excluding hydrogens is 350 g/mol. The number of hydrogen-bond donors (Lipinski definition) is 0. The van der Waals surface area contributed by atoms with E-state index in [4.69, 9.17) is 0 Å². The van der Waals surface area contributed by atoms with Crippen molar-refractivity contribution in [3.63, 3.8) is 0 Å². The van der Waals surface area contributed by atoms with Crippen LogP contribution in [0.3, 0.4) is 0 Å². The predicted molar refractivity (Wildman–Crippen MR) is 115 cm³/mol. The van der Waals surface area contributed by atoms with Crippen LogP contribution in [0.2, 0.25) is 0 Å². The largest absolute Gasteiger partial charge is 0.207 e. The molecule has 0 heterocycles. The molecule has 3 rings (SSSR count). The fourth-order valence-electron chi connectivity index (χ4n) is 2.53. The SMILES string of the molecule is Fc1ccc(/C=C/C=C/c2ccc(/C=C/C=C/c3ccc(F)cc3)cc2)cc1. The van der Waals surface area contributed by atoms with Crippen LogP contribution >= 0.6 is 0 Å². The highest BCUT2D eigenvalue weighted by molar-refractivity contribution is 5.61. The first-order valence-corrected chi connectivity index (χ1v) is 9.00. The number of rotatable bonds is 6. The number of benzene rings is 3. The highest BCUT2D eigenvalue weighted by Gasteiger charge is 1.90. The molecule has 0 nitrogen and oxygen atoms in total. The van der Waals surface area contributed by atoms with Crippen molar-refractivity contribution in [3.05, 3.63) is 131 Å². The molecule has 0 fully saturated rings. The van der Waals surface area contributed by atoms with Gasteiger partial charge in [0.05, 0.1) is 0 Å². The molecule has 0 radical (unpaired) electrons. The lowest BCUT2D eigenvalue weighted by molar-refractivity contribution is 0.627. The summed E-state index contributed by atoms with van der Waals surface area (Å²) in [7, 11) is 0. The van der Waals surface area contributed by atoms with Crippen molar-refractivity contribution in [1.29, 1.82) is 0 Å². The number of allylic oxidation sites excluding steroid dienone is 4. The minimum Gasteiger partial charge on any atom is -0.207 e. The van der Waals surface area contributed by atoms with Crippen molar-refractivity contribution in [3.8, 4) is 0 Å². The van der Waals surface area contributed by atoms with Crippen LogP contribution in [0, 0.1) is 11.6 Å². The summed E-state index contributed by atoms with van der Waals surface area (Å²) in [6.45, 7) is 0. The van der Waals surface area contributed by atoms with Gasteiger partial charge in [0, 0.05) is 0 Å². The van der Waals surface area contributed by atoms with E-state index in [1.807, 2.05) is 72.9 Å². The Morgan fingerprint density at radius 3 is 0.821 bits per heavy atom. The van der Waals surface area contributed by atoms with Crippen molar-refractivity contribution in [2.75, 3.05) is 0 Å². The maximum Gasteiger partial charge on any atom is 0.123 e. The van der Waals surface area contributed by atoms with Crippen molar-refractivity contribution < 1.29 is 8.78 Å². The Labute approximate surface area is 164 Å². The predicted octanol–water partition coefficient (Wildman–Crippen LogP) is 7.42. The Kier molecular flexibility index (Phi) is 6.86. The first-order chi connectivity index (χ1) is 13.7. The third-order valence-corrected chi connectivity index (χ3v) is 4.05. The van der Waals surface area contributed by atoms with Crippen LogP contribution in [0.1, 0.15) is 22.3 Å². The molecular formula is C26H20F2. The first kappa shape index (κ1) is 19.2. The zero-order chi connectivity index (χ0) is 19.6. The minimum absolute atomic E-state index is 0.229. The molecule has 138 valence electrons. The van der Waals surface area contributed by atoms with Gasteiger partial charge in [0.15, 0.2) is 0 Å². The van der Waals surface area contributed by atoms with Gasteiger partial charge in [-0.05, 0) is 46.5 Å². The van der Waals surface area contributed by atoms with Crippen LogP contribution in [-0.2, 0) is 0 Å². The van der Waals surface area contributed by atoms with Gasteiger partial charge in [-0.1, -0.05) is 97.1 Å². The van der Waals surface area contributed by atoms with E-state index in [0.717, 1.165) is 22.3 Å². The molecule has 2 heteroatoms. The van der Waals surface area contributed by atoms with Crippen molar-refractivity contribution in [1.82, 2.24) is 0 Å². The van der Waals surface area contributed by atoms with Crippen LogP contribution in [-0.4, -0.2) is 0 Å². The van der Waals surface area contributed by atoms with Crippen LogP contribution in [0.5, 0.6) is 0 Å². The molecule has 28 heavy (non-hydrogen) atoms. The Morgan fingerprint density at radius 2 is 0.571 bits per heavy atom. The molecule has 0 aliphatic heterocycles. The second-order valence-corrected chi connectivity index (χ2v) is 6.21. The van der Waals surface area contributed by atoms with Gasteiger partial charge in [-0.2, -0.15) is 0 Å². The van der Waals surface area contributed by atoms with E-state index < -0.39 is 0 Å². The standard InChI is InChI=1S/C26H20F2/c27-25-17-13-23(14-18-25)7-3-1-5-21-9-11-22(12-10-21)6-2-4-8-24-15-19-26(28)20-16-24/h1-20H/b5-1+,6-2+,7-3+,8-4+. The van der Waals surface area contributed by atoms with E-state index in [9.17, 15) is 8.78 Å². The molecule has 0 amide bonds. The molecule has 0 aromatic heterocycles. The molecule has 0 saturated heterocycles. The Hall–Kier alpha value is -3.52. The Balaban J connectivity index is 1.52. The zero-order valence-electron chi connectivity index (χ0n) is 15.3. The lowest BCUT2D eigenvalue weighted by Crippen LogP contribution is -1.75. The summed E-state index contributed by atoms with van der Waals surface area (Å²) in [6, 6.07) is 21.0. The summed E-state index contributed by atoms with van der Waals surface area (Å²) in [5.74, 6) is -0.458.